The molecule has 0 saturated carbocycles. The second-order valence-corrected chi connectivity index (χ2v) is 7.74. The lowest BCUT2D eigenvalue weighted by Gasteiger charge is -2.28. The van der Waals surface area contributed by atoms with Crippen LogP contribution in [0, 0.1) is 0 Å². The van der Waals surface area contributed by atoms with Gasteiger partial charge in [-0.25, -0.2) is 10.2 Å². The highest BCUT2D eigenvalue weighted by Gasteiger charge is 2.16. The molecule has 3 aromatic rings. The van der Waals surface area contributed by atoms with Crippen LogP contribution in [0.3, 0.4) is 0 Å². The van der Waals surface area contributed by atoms with Crippen LogP contribution in [0.25, 0.3) is 0 Å². The quantitative estimate of drug-likeness (QED) is 0.369. The van der Waals surface area contributed by atoms with Crippen molar-refractivity contribution in [2.75, 3.05) is 13.7 Å². The van der Waals surface area contributed by atoms with Crippen molar-refractivity contribution >= 4 is 18.1 Å². The lowest BCUT2D eigenvalue weighted by Crippen LogP contribution is -2.30. The summed E-state index contributed by atoms with van der Waals surface area (Å²) in [5, 5.41) is 4.00. The van der Waals surface area contributed by atoms with Crippen molar-refractivity contribution in [1.29, 1.82) is 0 Å². The van der Waals surface area contributed by atoms with Gasteiger partial charge in [-0.05, 0) is 52.9 Å². The number of hydrazone groups is 1. The third-order valence-electron chi connectivity index (χ3n) is 5.54. The highest BCUT2D eigenvalue weighted by atomic mass is 16.5. The SMILES string of the molecule is COC(=O)c1ccc(C=NNC(=O)c2ccc(CN3CCc4ccccc4C3)cc2)cc1. The molecule has 6 nitrogen and oxygen atoms in total. The van der Waals surface area contributed by atoms with Crippen molar-refractivity contribution in [3.63, 3.8) is 0 Å². The van der Waals surface area contributed by atoms with E-state index in [-0.39, 0.29) is 5.91 Å². The standard InChI is InChI=1S/C26H25N3O3/c1-32-26(31)23-12-6-19(7-13-23)16-27-28-25(30)22-10-8-20(9-11-22)17-29-15-14-21-4-2-3-5-24(21)18-29/h2-13,16H,14-15,17-18H2,1H3,(H,28,30). The number of hydrogen-bond acceptors (Lipinski definition) is 5. The van der Waals surface area contributed by atoms with E-state index in [1.54, 1.807) is 24.3 Å². The molecule has 0 spiro atoms. The van der Waals surface area contributed by atoms with Crippen molar-refractivity contribution in [2.45, 2.75) is 19.5 Å². The number of carbonyl (C=O) groups is 2. The second kappa shape index (κ2) is 10.0. The number of rotatable bonds is 6. The Morgan fingerprint density at radius 1 is 0.969 bits per heavy atom. The lowest BCUT2D eigenvalue weighted by molar-refractivity contribution is 0.0600. The van der Waals surface area contributed by atoms with E-state index in [2.05, 4.69) is 44.4 Å². The van der Waals surface area contributed by atoms with Crippen LogP contribution in [-0.2, 0) is 24.2 Å². The van der Waals surface area contributed by atoms with E-state index in [0.29, 0.717) is 11.1 Å². The molecule has 0 unspecified atom stereocenters. The number of benzene rings is 3. The fraction of sp³-hybridized carbons (Fsp3) is 0.192. The van der Waals surface area contributed by atoms with Gasteiger partial charge >= 0.3 is 5.97 Å². The Hall–Kier alpha value is -3.77. The van der Waals surface area contributed by atoms with Crippen LogP contribution in [0.2, 0.25) is 0 Å². The summed E-state index contributed by atoms with van der Waals surface area (Å²) in [4.78, 5) is 26.2. The third kappa shape index (κ3) is 5.28. The van der Waals surface area contributed by atoms with E-state index in [0.717, 1.165) is 31.6 Å². The molecule has 0 aliphatic carbocycles. The molecule has 0 saturated heterocycles. The van der Waals surface area contributed by atoms with Gasteiger partial charge in [0.15, 0.2) is 0 Å². The van der Waals surface area contributed by atoms with E-state index >= 15 is 0 Å². The predicted molar refractivity (Wildman–Crippen MR) is 124 cm³/mol. The van der Waals surface area contributed by atoms with Crippen LogP contribution >= 0.6 is 0 Å². The first-order valence-corrected chi connectivity index (χ1v) is 10.5. The molecule has 1 heterocycles. The molecule has 32 heavy (non-hydrogen) atoms. The highest BCUT2D eigenvalue weighted by Crippen LogP contribution is 2.20. The minimum absolute atomic E-state index is 0.272. The van der Waals surface area contributed by atoms with Gasteiger partial charge in [0, 0.05) is 25.2 Å². The molecule has 0 bridgehead atoms. The predicted octanol–water partition coefficient (Wildman–Crippen LogP) is 3.80. The molecular formula is C26H25N3O3. The Labute approximate surface area is 187 Å². The molecular weight excluding hydrogens is 402 g/mol. The van der Waals surface area contributed by atoms with Gasteiger partial charge in [0.05, 0.1) is 18.9 Å². The van der Waals surface area contributed by atoms with Crippen molar-refractivity contribution in [3.8, 4) is 0 Å². The third-order valence-corrected chi connectivity index (χ3v) is 5.54. The smallest absolute Gasteiger partial charge is 0.337 e. The molecule has 0 fully saturated rings. The van der Waals surface area contributed by atoms with Gasteiger partial charge in [-0.15, -0.1) is 0 Å². The van der Waals surface area contributed by atoms with Gasteiger partial charge in [0.25, 0.3) is 5.91 Å². The molecule has 6 heteroatoms. The zero-order valence-electron chi connectivity index (χ0n) is 18.0. The van der Waals surface area contributed by atoms with Gasteiger partial charge in [0.1, 0.15) is 0 Å². The summed E-state index contributed by atoms with van der Waals surface area (Å²) in [7, 11) is 1.34. The van der Waals surface area contributed by atoms with E-state index in [9.17, 15) is 9.59 Å². The van der Waals surface area contributed by atoms with Crippen molar-refractivity contribution in [3.05, 3.63) is 106 Å². The first-order valence-electron chi connectivity index (χ1n) is 10.5. The molecule has 162 valence electrons. The van der Waals surface area contributed by atoms with Crippen molar-refractivity contribution in [1.82, 2.24) is 10.3 Å². The average Bonchev–Trinajstić information content (AvgIpc) is 2.84. The molecule has 0 atom stereocenters. The number of fused-ring (bicyclic) bond motifs is 1. The normalized spacial score (nSPS) is 13.5. The monoisotopic (exact) mass is 427 g/mol. The maximum absolute atomic E-state index is 12.4. The fourth-order valence-corrected chi connectivity index (χ4v) is 3.76. The Bertz CT molecular complexity index is 1120. The fourth-order valence-electron chi connectivity index (χ4n) is 3.76. The first-order chi connectivity index (χ1) is 15.6. The van der Waals surface area contributed by atoms with Gasteiger partial charge in [-0.2, -0.15) is 5.10 Å². The summed E-state index contributed by atoms with van der Waals surface area (Å²) in [6.45, 7) is 2.85. The Kier molecular flexibility index (Phi) is 6.72. The molecule has 4 rings (SSSR count). The summed E-state index contributed by atoms with van der Waals surface area (Å²) < 4.78 is 4.67. The van der Waals surface area contributed by atoms with Crippen LogP contribution in [0.4, 0.5) is 0 Å². The highest BCUT2D eigenvalue weighted by molar-refractivity contribution is 5.95. The molecule has 1 aliphatic rings. The number of esters is 1. The van der Waals surface area contributed by atoms with Crippen LogP contribution in [0.1, 0.15) is 43.0 Å². The maximum Gasteiger partial charge on any atom is 0.337 e. The largest absolute Gasteiger partial charge is 0.465 e. The van der Waals surface area contributed by atoms with Gasteiger partial charge in [-0.1, -0.05) is 48.5 Å². The van der Waals surface area contributed by atoms with Crippen LogP contribution < -0.4 is 5.43 Å². The number of nitrogens with one attached hydrogen (secondary N) is 1. The minimum Gasteiger partial charge on any atom is -0.465 e. The zero-order chi connectivity index (χ0) is 22.3. The van der Waals surface area contributed by atoms with Gasteiger partial charge < -0.3 is 4.74 Å². The second-order valence-electron chi connectivity index (χ2n) is 7.74. The number of carbonyl (C=O) groups excluding carboxylic acids is 2. The molecule has 1 N–H and O–H groups in total. The molecule has 1 amide bonds. The van der Waals surface area contributed by atoms with E-state index < -0.39 is 5.97 Å². The Morgan fingerprint density at radius 3 is 2.38 bits per heavy atom. The molecule has 0 aromatic heterocycles. The summed E-state index contributed by atoms with van der Waals surface area (Å²) in [5.74, 6) is -0.666. The summed E-state index contributed by atoms with van der Waals surface area (Å²) in [6.07, 6.45) is 2.60. The number of methoxy groups -OCH3 is 1. The van der Waals surface area contributed by atoms with Crippen LogP contribution in [0.15, 0.2) is 77.9 Å². The Balaban J connectivity index is 1.29. The summed E-state index contributed by atoms with van der Waals surface area (Å²) in [6, 6.07) is 23.0. The summed E-state index contributed by atoms with van der Waals surface area (Å²) in [5.41, 5.74) is 8.32. The number of nitrogens with zero attached hydrogens (tertiary/aromatic N) is 2. The topological polar surface area (TPSA) is 71.0 Å². The molecule has 0 radical (unpaired) electrons. The van der Waals surface area contributed by atoms with E-state index in [1.165, 1.54) is 30.0 Å². The minimum atomic E-state index is -0.393. The van der Waals surface area contributed by atoms with Crippen molar-refractivity contribution < 1.29 is 14.3 Å². The van der Waals surface area contributed by atoms with Crippen molar-refractivity contribution in [2.24, 2.45) is 5.10 Å². The van der Waals surface area contributed by atoms with Crippen LogP contribution in [-0.4, -0.2) is 36.6 Å². The first kappa shape index (κ1) is 21.5. The van der Waals surface area contributed by atoms with Crippen LogP contribution in [0.5, 0.6) is 0 Å². The molecule has 3 aromatic carbocycles. The molecule has 1 aliphatic heterocycles. The number of ether oxygens (including phenoxy) is 1. The number of hydrogen-bond donors (Lipinski definition) is 1. The summed E-state index contributed by atoms with van der Waals surface area (Å²) >= 11 is 0. The number of amides is 1. The lowest BCUT2D eigenvalue weighted by atomic mass is 9.99. The van der Waals surface area contributed by atoms with Gasteiger partial charge in [0.2, 0.25) is 0 Å². The maximum atomic E-state index is 12.4. The van der Waals surface area contributed by atoms with Gasteiger partial charge in [-0.3, -0.25) is 9.69 Å². The van der Waals surface area contributed by atoms with E-state index in [4.69, 9.17) is 0 Å². The Morgan fingerprint density at radius 2 is 1.66 bits per heavy atom. The van der Waals surface area contributed by atoms with E-state index in [1.807, 2.05) is 24.3 Å². The zero-order valence-corrected chi connectivity index (χ0v) is 18.0. The average molecular weight is 428 g/mol.